The highest BCUT2D eigenvalue weighted by Gasteiger charge is 2.19. The molecule has 2 heteroatoms. The quantitative estimate of drug-likeness (QED) is 0.687. The van der Waals surface area contributed by atoms with Crippen LogP contribution in [0.3, 0.4) is 0 Å². The van der Waals surface area contributed by atoms with Crippen LogP contribution in [0.2, 0.25) is 0 Å². The van der Waals surface area contributed by atoms with E-state index in [-0.39, 0.29) is 5.41 Å². The molecule has 0 aliphatic heterocycles. The molecular formula is C15H16BrN. The fourth-order valence-corrected chi connectivity index (χ4v) is 2.17. The Balaban J connectivity index is 2.64. The first-order valence-electron chi connectivity index (χ1n) is 5.71. The number of benzene rings is 1. The fourth-order valence-electron chi connectivity index (χ4n) is 1.86. The van der Waals surface area contributed by atoms with Gasteiger partial charge in [0.25, 0.3) is 0 Å². The number of hydrogen-bond donors (Lipinski definition) is 0. The van der Waals surface area contributed by atoms with Gasteiger partial charge in [-0.2, -0.15) is 0 Å². The summed E-state index contributed by atoms with van der Waals surface area (Å²) in [5, 5.41) is 0. The predicted molar refractivity (Wildman–Crippen MR) is 76.1 cm³/mol. The molecule has 0 saturated carbocycles. The standard InChI is InChI=1S/C15H16BrN/c1-15(2,3)12-9-10-13(16)17-14(12)11-7-5-4-6-8-11/h4-10H,1-3H3. The fraction of sp³-hybridized carbons (Fsp3) is 0.267. The van der Waals surface area contributed by atoms with E-state index in [9.17, 15) is 0 Å². The first-order valence-corrected chi connectivity index (χ1v) is 6.50. The van der Waals surface area contributed by atoms with E-state index in [1.165, 1.54) is 11.1 Å². The van der Waals surface area contributed by atoms with Gasteiger partial charge in [0.1, 0.15) is 4.60 Å². The zero-order valence-electron chi connectivity index (χ0n) is 10.4. The van der Waals surface area contributed by atoms with Crippen molar-refractivity contribution in [3.05, 3.63) is 52.6 Å². The summed E-state index contributed by atoms with van der Waals surface area (Å²) < 4.78 is 0.879. The number of nitrogens with zero attached hydrogens (tertiary/aromatic N) is 1. The van der Waals surface area contributed by atoms with Gasteiger partial charge < -0.3 is 0 Å². The molecule has 1 heterocycles. The Hall–Kier alpha value is -1.15. The molecule has 0 atom stereocenters. The van der Waals surface area contributed by atoms with Crippen LogP contribution in [0.5, 0.6) is 0 Å². The summed E-state index contributed by atoms with van der Waals surface area (Å²) in [6.45, 7) is 6.64. The highest BCUT2D eigenvalue weighted by molar-refractivity contribution is 9.10. The van der Waals surface area contributed by atoms with Crippen LogP contribution in [0.4, 0.5) is 0 Å². The van der Waals surface area contributed by atoms with E-state index in [4.69, 9.17) is 0 Å². The number of halogens is 1. The molecule has 1 aromatic heterocycles. The van der Waals surface area contributed by atoms with Gasteiger partial charge in [0.15, 0.2) is 0 Å². The zero-order chi connectivity index (χ0) is 12.5. The minimum atomic E-state index is 0.0961. The maximum absolute atomic E-state index is 4.63. The van der Waals surface area contributed by atoms with Gasteiger partial charge in [0.05, 0.1) is 5.69 Å². The van der Waals surface area contributed by atoms with Gasteiger partial charge in [0.2, 0.25) is 0 Å². The van der Waals surface area contributed by atoms with Crippen molar-refractivity contribution in [1.29, 1.82) is 0 Å². The molecule has 0 radical (unpaired) electrons. The number of hydrogen-bond acceptors (Lipinski definition) is 1. The Kier molecular flexibility index (Phi) is 3.34. The molecule has 0 N–H and O–H groups in total. The van der Waals surface area contributed by atoms with Crippen LogP contribution < -0.4 is 0 Å². The molecule has 17 heavy (non-hydrogen) atoms. The van der Waals surface area contributed by atoms with Gasteiger partial charge in [-0.05, 0) is 33.0 Å². The minimum absolute atomic E-state index is 0.0961. The highest BCUT2D eigenvalue weighted by atomic mass is 79.9. The number of rotatable bonds is 1. The van der Waals surface area contributed by atoms with E-state index >= 15 is 0 Å². The van der Waals surface area contributed by atoms with Crippen molar-refractivity contribution in [2.75, 3.05) is 0 Å². The molecule has 0 spiro atoms. The molecular weight excluding hydrogens is 274 g/mol. The maximum Gasteiger partial charge on any atom is 0.106 e. The van der Waals surface area contributed by atoms with Crippen molar-refractivity contribution < 1.29 is 0 Å². The monoisotopic (exact) mass is 289 g/mol. The van der Waals surface area contributed by atoms with Gasteiger partial charge >= 0.3 is 0 Å². The first-order chi connectivity index (χ1) is 7.98. The average molecular weight is 290 g/mol. The van der Waals surface area contributed by atoms with Crippen LogP contribution in [0, 0.1) is 0 Å². The Morgan fingerprint density at radius 2 is 1.59 bits per heavy atom. The SMILES string of the molecule is CC(C)(C)c1ccc(Br)nc1-c1ccccc1. The van der Waals surface area contributed by atoms with E-state index in [0.29, 0.717) is 0 Å². The summed E-state index contributed by atoms with van der Waals surface area (Å²) in [6.07, 6.45) is 0. The van der Waals surface area contributed by atoms with Gasteiger partial charge in [-0.1, -0.05) is 57.2 Å². The third kappa shape index (κ3) is 2.75. The number of pyridine rings is 1. The Morgan fingerprint density at radius 1 is 0.941 bits per heavy atom. The molecule has 2 aromatic rings. The van der Waals surface area contributed by atoms with E-state index in [0.717, 1.165) is 10.3 Å². The second-order valence-electron chi connectivity index (χ2n) is 5.15. The van der Waals surface area contributed by atoms with Crippen LogP contribution in [0.1, 0.15) is 26.3 Å². The van der Waals surface area contributed by atoms with Gasteiger partial charge in [-0.25, -0.2) is 4.98 Å². The molecule has 2 rings (SSSR count). The van der Waals surface area contributed by atoms with Crippen molar-refractivity contribution in [1.82, 2.24) is 4.98 Å². The van der Waals surface area contributed by atoms with Gasteiger partial charge in [-0.3, -0.25) is 0 Å². The second-order valence-corrected chi connectivity index (χ2v) is 5.96. The molecule has 0 aliphatic rings. The van der Waals surface area contributed by atoms with E-state index in [1.807, 2.05) is 24.3 Å². The van der Waals surface area contributed by atoms with Crippen molar-refractivity contribution in [3.63, 3.8) is 0 Å². The van der Waals surface area contributed by atoms with Crippen LogP contribution in [-0.4, -0.2) is 4.98 Å². The topological polar surface area (TPSA) is 12.9 Å². The summed E-state index contributed by atoms with van der Waals surface area (Å²) in [5.41, 5.74) is 3.59. The van der Waals surface area contributed by atoms with Gasteiger partial charge in [0, 0.05) is 5.56 Å². The maximum atomic E-state index is 4.63. The zero-order valence-corrected chi connectivity index (χ0v) is 12.0. The highest BCUT2D eigenvalue weighted by Crippen LogP contribution is 2.32. The van der Waals surface area contributed by atoms with Crippen molar-refractivity contribution in [2.45, 2.75) is 26.2 Å². The summed E-state index contributed by atoms with van der Waals surface area (Å²) >= 11 is 3.45. The third-order valence-corrected chi connectivity index (χ3v) is 3.16. The Bertz CT molecular complexity index is 512. The van der Waals surface area contributed by atoms with Crippen LogP contribution in [0.25, 0.3) is 11.3 Å². The molecule has 0 saturated heterocycles. The largest absolute Gasteiger partial charge is 0.241 e. The van der Waals surface area contributed by atoms with Crippen LogP contribution >= 0.6 is 15.9 Å². The molecule has 1 aromatic carbocycles. The molecule has 0 aliphatic carbocycles. The third-order valence-electron chi connectivity index (χ3n) is 2.72. The normalized spacial score (nSPS) is 11.5. The minimum Gasteiger partial charge on any atom is -0.241 e. The summed E-state index contributed by atoms with van der Waals surface area (Å²) in [4.78, 5) is 4.63. The molecule has 1 nitrogen and oxygen atoms in total. The van der Waals surface area contributed by atoms with Crippen LogP contribution in [0.15, 0.2) is 47.1 Å². The predicted octanol–water partition coefficient (Wildman–Crippen LogP) is 4.81. The second kappa shape index (κ2) is 4.61. The smallest absolute Gasteiger partial charge is 0.106 e. The molecule has 0 fully saturated rings. The Morgan fingerprint density at radius 3 is 2.18 bits per heavy atom. The van der Waals surface area contributed by atoms with Gasteiger partial charge in [-0.15, -0.1) is 0 Å². The number of aromatic nitrogens is 1. The summed E-state index contributed by atoms with van der Waals surface area (Å²) in [6, 6.07) is 14.5. The summed E-state index contributed by atoms with van der Waals surface area (Å²) in [7, 11) is 0. The molecule has 0 bridgehead atoms. The molecule has 0 amide bonds. The summed E-state index contributed by atoms with van der Waals surface area (Å²) in [5.74, 6) is 0. The van der Waals surface area contributed by atoms with Crippen molar-refractivity contribution in [3.8, 4) is 11.3 Å². The molecule has 88 valence electrons. The average Bonchev–Trinajstić information content (AvgIpc) is 2.28. The van der Waals surface area contributed by atoms with E-state index in [1.54, 1.807) is 0 Å². The lowest BCUT2D eigenvalue weighted by Gasteiger charge is -2.22. The lowest BCUT2D eigenvalue weighted by atomic mass is 9.84. The van der Waals surface area contributed by atoms with E-state index in [2.05, 4.69) is 59.9 Å². The lowest BCUT2D eigenvalue weighted by molar-refractivity contribution is 0.589. The first kappa shape index (κ1) is 12.3. The Labute approximate surface area is 111 Å². The van der Waals surface area contributed by atoms with Crippen LogP contribution in [-0.2, 0) is 5.41 Å². The van der Waals surface area contributed by atoms with Crippen molar-refractivity contribution in [2.24, 2.45) is 0 Å². The van der Waals surface area contributed by atoms with Crippen molar-refractivity contribution >= 4 is 15.9 Å². The lowest BCUT2D eigenvalue weighted by Crippen LogP contribution is -2.13. The molecule has 0 unspecified atom stereocenters. The van der Waals surface area contributed by atoms with E-state index < -0.39 is 0 Å².